The lowest BCUT2D eigenvalue weighted by atomic mass is 9.78. The van der Waals surface area contributed by atoms with Crippen LogP contribution < -0.4 is 0 Å². The van der Waals surface area contributed by atoms with Gasteiger partial charge in [-0.25, -0.2) is 0 Å². The van der Waals surface area contributed by atoms with E-state index in [1.54, 1.807) is 0 Å². The van der Waals surface area contributed by atoms with Gasteiger partial charge in [0, 0.05) is 5.92 Å². The summed E-state index contributed by atoms with van der Waals surface area (Å²) in [5.74, 6) is 0.905. The van der Waals surface area contributed by atoms with Crippen LogP contribution in [0, 0.1) is 5.92 Å². The summed E-state index contributed by atoms with van der Waals surface area (Å²) in [7, 11) is 0. The number of hydrogen-bond donors (Lipinski definition) is 1. The number of allylic oxidation sites excluding steroid dienone is 4. The molecule has 94 valence electrons. The van der Waals surface area contributed by atoms with E-state index in [1.165, 1.54) is 11.1 Å². The molecule has 1 N–H and O–H groups in total. The molecule has 0 amide bonds. The molecule has 2 aliphatic rings. The summed E-state index contributed by atoms with van der Waals surface area (Å²) < 4.78 is 5.89. The second-order valence-electron chi connectivity index (χ2n) is 5.66. The van der Waals surface area contributed by atoms with E-state index >= 15 is 0 Å². The van der Waals surface area contributed by atoms with Gasteiger partial charge in [-0.15, -0.1) is 0 Å². The molecule has 0 aromatic heterocycles. The van der Waals surface area contributed by atoms with Gasteiger partial charge in [-0.1, -0.05) is 17.2 Å². The Kier molecular flexibility index (Phi) is 3.17. The predicted octanol–water partition coefficient (Wildman–Crippen LogP) is 3.34. The van der Waals surface area contributed by atoms with Gasteiger partial charge in [0.2, 0.25) is 0 Å². The highest BCUT2D eigenvalue weighted by molar-refractivity contribution is 5.28. The normalized spacial score (nSPS) is 38.4. The van der Waals surface area contributed by atoms with Crippen LogP contribution in [0.4, 0.5) is 0 Å². The lowest BCUT2D eigenvalue weighted by Gasteiger charge is -2.28. The minimum atomic E-state index is -0.826. The van der Waals surface area contributed by atoms with Crippen molar-refractivity contribution in [1.29, 1.82) is 0 Å². The first-order chi connectivity index (χ1) is 7.91. The Morgan fingerprint density at radius 1 is 1.53 bits per heavy atom. The maximum atomic E-state index is 10.6. The van der Waals surface area contributed by atoms with Gasteiger partial charge in [0.15, 0.2) is 0 Å². The summed E-state index contributed by atoms with van der Waals surface area (Å²) in [6, 6.07) is 0. The van der Waals surface area contributed by atoms with Crippen molar-refractivity contribution < 1.29 is 9.84 Å². The minimum absolute atomic E-state index is 0.0514. The van der Waals surface area contributed by atoms with Crippen LogP contribution in [0.15, 0.2) is 35.1 Å². The second-order valence-corrected chi connectivity index (χ2v) is 5.66. The highest BCUT2D eigenvalue weighted by Crippen LogP contribution is 2.45. The lowest BCUT2D eigenvalue weighted by molar-refractivity contribution is 0.0470. The molecule has 0 unspecified atom stereocenters. The van der Waals surface area contributed by atoms with Crippen molar-refractivity contribution in [2.45, 2.75) is 52.2 Å². The van der Waals surface area contributed by atoms with Crippen LogP contribution in [0.3, 0.4) is 0 Å². The number of hydrogen-bond acceptors (Lipinski definition) is 2. The van der Waals surface area contributed by atoms with E-state index in [1.807, 2.05) is 32.9 Å². The topological polar surface area (TPSA) is 29.5 Å². The molecule has 0 saturated carbocycles. The van der Waals surface area contributed by atoms with Gasteiger partial charge >= 0.3 is 0 Å². The second kappa shape index (κ2) is 4.34. The molecule has 17 heavy (non-hydrogen) atoms. The van der Waals surface area contributed by atoms with Crippen LogP contribution in [0.5, 0.6) is 0 Å². The van der Waals surface area contributed by atoms with E-state index in [9.17, 15) is 5.11 Å². The standard InChI is InChI=1S/C15H22O2/c1-10(2)5-8-14-15(4,16)12-7-6-11(3)9-13(12)17-14/h5,8-9,12-13,16H,6-7H2,1-4H3/b14-8+/t12-,13+,15-/m1/s1. The smallest absolute Gasteiger partial charge is 0.129 e. The average Bonchev–Trinajstić information content (AvgIpc) is 2.46. The Morgan fingerprint density at radius 2 is 2.24 bits per heavy atom. The molecular weight excluding hydrogens is 212 g/mol. The number of aliphatic hydroxyl groups is 1. The molecular formula is C15H22O2. The van der Waals surface area contributed by atoms with Gasteiger partial charge in [-0.3, -0.25) is 0 Å². The molecule has 2 rings (SSSR count). The maximum absolute atomic E-state index is 10.6. The van der Waals surface area contributed by atoms with Crippen LogP contribution in [0.25, 0.3) is 0 Å². The summed E-state index contributed by atoms with van der Waals surface area (Å²) in [4.78, 5) is 0. The largest absolute Gasteiger partial charge is 0.487 e. The molecule has 1 fully saturated rings. The zero-order valence-electron chi connectivity index (χ0n) is 11.2. The predicted molar refractivity (Wildman–Crippen MR) is 69.5 cm³/mol. The summed E-state index contributed by atoms with van der Waals surface area (Å²) in [6.07, 6.45) is 8.19. The first kappa shape index (κ1) is 12.4. The third-order valence-electron chi connectivity index (χ3n) is 3.75. The first-order valence-corrected chi connectivity index (χ1v) is 6.33. The molecule has 3 atom stereocenters. The monoisotopic (exact) mass is 234 g/mol. The van der Waals surface area contributed by atoms with Gasteiger partial charge < -0.3 is 9.84 Å². The highest BCUT2D eigenvalue weighted by Gasteiger charge is 2.49. The maximum Gasteiger partial charge on any atom is 0.129 e. The van der Waals surface area contributed by atoms with E-state index in [2.05, 4.69) is 13.0 Å². The van der Waals surface area contributed by atoms with Crippen molar-refractivity contribution in [3.05, 3.63) is 35.1 Å². The lowest BCUT2D eigenvalue weighted by Crippen LogP contribution is -2.35. The van der Waals surface area contributed by atoms with E-state index < -0.39 is 5.60 Å². The van der Waals surface area contributed by atoms with Crippen LogP contribution in [0.1, 0.15) is 40.5 Å². The fourth-order valence-electron chi connectivity index (χ4n) is 2.64. The molecule has 1 aliphatic carbocycles. The van der Waals surface area contributed by atoms with Crippen LogP contribution in [-0.4, -0.2) is 16.8 Å². The Labute approximate surface area is 104 Å². The molecule has 0 spiro atoms. The van der Waals surface area contributed by atoms with Gasteiger partial charge in [-0.05, 0) is 52.7 Å². The van der Waals surface area contributed by atoms with Crippen molar-refractivity contribution in [2.75, 3.05) is 0 Å². The van der Waals surface area contributed by atoms with Gasteiger partial charge in [0.25, 0.3) is 0 Å². The minimum Gasteiger partial charge on any atom is -0.487 e. The summed E-state index contributed by atoms with van der Waals surface area (Å²) in [5, 5.41) is 10.6. The van der Waals surface area contributed by atoms with E-state index in [0.717, 1.165) is 12.8 Å². The SMILES string of the molecule is CC(C)=C/C=C1/O[C@H]2C=C(C)CC[C@H]2[C@@]1(C)O. The molecule has 0 radical (unpaired) electrons. The zero-order valence-corrected chi connectivity index (χ0v) is 11.2. The molecule has 0 aromatic rings. The summed E-state index contributed by atoms with van der Waals surface area (Å²) in [5.41, 5.74) is 1.75. The molecule has 1 saturated heterocycles. The quantitative estimate of drug-likeness (QED) is 0.705. The Hall–Kier alpha value is -1.02. The fraction of sp³-hybridized carbons (Fsp3) is 0.600. The summed E-state index contributed by atoms with van der Waals surface area (Å²) in [6.45, 7) is 8.08. The third kappa shape index (κ3) is 2.32. The molecule has 0 aromatic carbocycles. The van der Waals surface area contributed by atoms with E-state index in [-0.39, 0.29) is 12.0 Å². The van der Waals surface area contributed by atoms with Crippen LogP contribution in [0.2, 0.25) is 0 Å². The number of fused-ring (bicyclic) bond motifs is 1. The molecule has 1 heterocycles. The van der Waals surface area contributed by atoms with Gasteiger partial charge in [0.05, 0.1) is 0 Å². The Morgan fingerprint density at radius 3 is 2.88 bits per heavy atom. The average molecular weight is 234 g/mol. The van der Waals surface area contributed by atoms with E-state index in [4.69, 9.17) is 4.74 Å². The van der Waals surface area contributed by atoms with Crippen molar-refractivity contribution in [3.63, 3.8) is 0 Å². The first-order valence-electron chi connectivity index (χ1n) is 6.33. The number of ether oxygens (including phenoxy) is 1. The molecule has 2 nitrogen and oxygen atoms in total. The van der Waals surface area contributed by atoms with Crippen molar-refractivity contribution in [1.82, 2.24) is 0 Å². The zero-order chi connectivity index (χ0) is 12.6. The van der Waals surface area contributed by atoms with Crippen molar-refractivity contribution in [2.24, 2.45) is 5.92 Å². The molecule has 1 aliphatic heterocycles. The van der Waals surface area contributed by atoms with Crippen molar-refractivity contribution in [3.8, 4) is 0 Å². The van der Waals surface area contributed by atoms with Crippen molar-refractivity contribution >= 4 is 0 Å². The Balaban J connectivity index is 2.29. The third-order valence-corrected chi connectivity index (χ3v) is 3.75. The highest BCUT2D eigenvalue weighted by atomic mass is 16.5. The van der Waals surface area contributed by atoms with Crippen LogP contribution >= 0.6 is 0 Å². The fourth-order valence-corrected chi connectivity index (χ4v) is 2.64. The number of rotatable bonds is 1. The van der Waals surface area contributed by atoms with E-state index in [0.29, 0.717) is 5.76 Å². The molecule has 2 heteroatoms. The van der Waals surface area contributed by atoms with Gasteiger partial charge in [-0.2, -0.15) is 0 Å². The van der Waals surface area contributed by atoms with Gasteiger partial charge in [0.1, 0.15) is 17.5 Å². The van der Waals surface area contributed by atoms with Crippen LogP contribution in [-0.2, 0) is 4.74 Å². The molecule has 0 bridgehead atoms. The Bertz CT molecular complexity index is 395. The summed E-state index contributed by atoms with van der Waals surface area (Å²) >= 11 is 0.